The molecule has 0 saturated carbocycles. The van der Waals surface area contributed by atoms with Crippen molar-refractivity contribution in [2.45, 2.75) is 45.3 Å². The molecule has 0 radical (unpaired) electrons. The predicted octanol–water partition coefficient (Wildman–Crippen LogP) is 0.988. The van der Waals surface area contributed by atoms with Gasteiger partial charge in [-0.15, -0.1) is 6.58 Å². The molecule has 0 fully saturated rings. The van der Waals surface area contributed by atoms with Gasteiger partial charge in [-0.1, -0.05) is 6.08 Å². The third kappa shape index (κ3) is 7.78. The second kappa shape index (κ2) is 10.8. The van der Waals surface area contributed by atoms with Crippen molar-refractivity contribution in [2.75, 3.05) is 13.7 Å². The number of hydrogen-bond acceptors (Lipinski definition) is 7. The number of ether oxygens (including phenoxy) is 3. The van der Waals surface area contributed by atoms with Crippen LogP contribution in [0.5, 0.6) is 0 Å². The molecule has 0 rings (SSSR count). The highest BCUT2D eigenvalue weighted by molar-refractivity contribution is 5.80. The summed E-state index contributed by atoms with van der Waals surface area (Å²) in [5.74, 6) is -2.23. The zero-order valence-electron chi connectivity index (χ0n) is 13.2. The first-order valence-electron chi connectivity index (χ1n) is 7.07. The van der Waals surface area contributed by atoms with E-state index < -0.39 is 24.1 Å². The smallest absolute Gasteiger partial charge is 0.347 e. The standard InChI is InChI=1S/C15H24O7/c1-5-7-12(15(19)20-4)8-6-9-21-14(18)11(3)22-13(17)10(2)16/h5,10-12,16H,1,6-9H2,2-4H3. The second-order valence-electron chi connectivity index (χ2n) is 4.81. The lowest BCUT2D eigenvalue weighted by Gasteiger charge is -2.15. The highest BCUT2D eigenvalue weighted by Crippen LogP contribution is 2.14. The summed E-state index contributed by atoms with van der Waals surface area (Å²) in [4.78, 5) is 34.2. The summed E-state index contributed by atoms with van der Waals surface area (Å²) in [7, 11) is 1.32. The van der Waals surface area contributed by atoms with E-state index in [4.69, 9.17) is 14.6 Å². The van der Waals surface area contributed by atoms with Crippen molar-refractivity contribution in [3.05, 3.63) is 12.7 Å². The average Bonchev–Trinajstić information content (AvgIpc) is 2.48. The van der Waals surface area contributed by atoms with Crippen LogP contribution in [0.15, 0.2) is 12.7 Å². The molecule has 3 atom stereocenters. The molecule has 0 aliphatic rings. The van der Waals surface area contributed by atoms with Crippen LogP contribution in [0.2, 0.25) is 0 Å². The van der Waals surface area contributed by atoms with Gasteiger partial charge < -0.3 is 19.3 Å². The molecular formula is C15H24O7. The van der Waals surface area contributed by atoms with Gasteiger partial charge in [0.2, 0.25) is 0 Å². The van der Waals surface area contributed by atoms with E-state index in [1.165, 1.54) is 21.0 Å². The van der Waals surface area contributed by atoms with Crippen LogP contribution in [0, 0.1) is 5.92 Å². The molecule has 0 aliphatic carbocycles. The predicted molar refractivity (Wildman–Crippen MR) is 77.7 cm³/mol. The molecular weight excluding hydrogens is 292 g/mol. The van der Waals surface area contributed by atoms with Crippen molar-refractivity contribution in [2.24, 2.45) is 5.92 Å². The molecule has 0 aromatic rings. The molecule has 0 aromatic heterocycles. The summed E-state index contributed by atoms with van der Waals surface area (Å²) in [6.45, 7) is 6.28. The fraction of sp³-hybridized carbons (Fsp3) is 0.667. The van der Waals surface area contributed by atoms with E-state index in [9.17, 15) is 14.4 Å². The average molecular weight is 316 g/mol. The fourth-order valence-electron chi connectivity index (χ4n) is 1.64. The van der Waals surface area contributed by atoms with Crippen molar-refractivity contribution in [1.82, 2.24) is 0 Å². The Morgan fingerprint density at radius 3 is 2.32 bits per heavy atom. The van der Waals surface area contributed by atoms with Crippen molar-refractivity contribution in [1.29, 1.82) is 0 Å². The number of carbonyl (C=O) groups is 3. The lowest BCUT2D eigenvalue weighted by atomic mass is 10.00. The Bertz CT molecular complexity index is 389. The first kappa shape index (κ1) is 20.1. The van der Waals surface area contributed by atoms with Crippen LogP contribution in [0.1, 0.15) is 33.1 Å². The molecule has 7 nitrogen and oxygen atoms in total. The summed E-state index contributed by atoms with van der Waals surface area (Å²) < 4.78 is 14.3. The number of methoxy groups -OCH3 is 1. The Hall–Kier alpha value is -1.89. The molecule has 1 N–H and O–H groups in total. The Kier molecular flexibility index (Phi) is 9.86. The van der Waals surface area contributed by atoms with Gasteiger partial charge >= 0.3 is 17.9 Å². The lowest BCUT2D eigenvalue weighted by molar-refractivity contribution is -0.171. The largest absolute Gasteiger partial charge is 0.469 e. The van der Waals surface area contributed by atoms with Gasteiger partial charge in [0.05, 0.1) is 19.6 Å². The quantitative estimate of drug-likeness (QED) is 0.278. The lowest BCUT2D eigenvalue weighted by Crippen LogP contribution is -2.31. The van der Waals surface area contributed by atoms with Gasteiger partial charge in [-0.3, -0.25) is 4.79 Å². The third-order valence-corrected chi connectivity index (χ3v) is 2.89. The van der Waals surface area contributed by atoms with E-state index in [0.29, 0.717) is 19.3 Å². The van der Waals surface area contributed by atoms with Crippen LogP contribution >= 0.6 is 0 Å². The molecule has 0 aromatic carbocycles. The molecule has 0 bridgehead atoms. The summed E-state index contributed by atoms with van der Waals surface area (Å²) in [6, 6.07) is 0. The topological polar surface area (TPSA) is 99.1 Å². The van der Waals surface area contributed by atoms with Gasteiger partial charge in [-0.2, -0.15) is 0 Å². The van der Waals surface area contributed by atoms with Crippen molar-refractivity contribution < 1.29 is 33.7 Å². The van der Waals surface area contributed by atoms with E-state index in [1.807, 2.05) is 0 Å². The van der Waals surface area contributed by atoms with Gasteiger partial charge in [-0.05, 0) is 33.1 Å². The SMILES string of the molecule is C=CCC(CCCOC(=O)C(C)OC(=O)C(C)O)C(=O)OC. The zero-order valence-corrected chi connectivity index (χ0v) is 13.2. The number of carbonyl (C=O) groups excluding carboxylic acids is 3. The van der Waals surface area contributed by atoms with Crippen LogP contribution in [0.4, 0.5) is 0 Å². The van der Waals surface area contributed by atoms with Gasteiger partial charge in [0.1, 0.15) is 6.10 Å². The van der Waals surface area contributed by atoms with Crippen LogP contribution in [-0.4, -0.2) is 48.9 Å². The molecule has 7 heteroatoms. The van der Waals surface area contributed by atoms with Gasteiger partial charge in [-0.25, -0.2) is 9.59 Å². The molecule has 22 heavy (non-hydrogen) atoms. The van der Waals surface area contributed by atoms with E-state index in [1.54, 1.807) is 6.08 Å². The number of aliphatic hydroxyl groups excluding tert-OH is 1. The van der Waals surface area contributed by atoms with E-state index in [-0.39, 0.29) is 18.5 Å². The van der Waals surface area contributed by atoms with Crippen LogP contribution in [-0.2, 0) is 28.6 Å². The highest BCUT2D eigenvalue weighted by atomic mass is 16.6. The molecule has 0 aliphatic heterocycles. The number of rotatable bonds is 10. The maximum atomic E-state index is 11.6. The molecule has 0 saturated heterocycles. The monoisotopic (exact) mass is 316 g/mol. The Balaban J connectivity index is 4.07. The number of allylic oxidation sites excluding steroid dienone is 1. The minimum atomic E-state index is -1.30. The van der Waals surface area contributed by atoms with Crippen LogP contribution < -0.4 is 0 Å². The summed E-state index contributed by atoms with van der Waals surface area (Å²) in [5, 5.41) is 8.97. The number of hydrogen-bond donors (Lipinski definition) is 1. The number of esters is 3. The Morgan fingerprint density at radius 2 is 1.82 bits per heavy atom. The molecule has 126 valence electrons. The van der Waals surface area contributed by atoms with Crippen LogP contribution in [0.25, 0.3) is 0 Å². The fourth-order valence-corrected chi connectivity index (χ4v) is 1.64. The van der Waals surface area contributed by atoms with Gasteiger partial charge in [0.15, 0.2) is 6.10 Å². The minimum absolute atomic E-state index is 0.0973. The summed E-state index contributed by atoms with van der Waals surface area (Å²) in [6.07, 6.45) is 0.694. The normalized spacial score (nSPS) is 14.4. The van der Waals surface area contributed by atoms with Crippen molar-refractivity contribution in [3.8, 4) is 0 Å². The van der Waals surface area contributed by atoms with E-state index in [2.05, 4.69) is 11.3 Å². The van der Waals surface area contributed by atoms with E-state index in [0.717, 1.165) is 0 Å². The third-order valence-electron chi connectivity index (χ3n) is 2.89. The Morgan fingerprint density at radius 1 is 1.18 bits per heavy atom. The zero-order chi connectivity index (χ0) is 17.1. The van der Waals surface area contributed by atoms with Crippen molar-refractivity contribution in [3.63, 3.8) is 0 Å². The maximum absolute atomic E-state index is 11.6. The molecule has 0 heterocycles. The first-order valence-corrected chi connectivity index (χ1v) is 7.07. The van der Waals surface area contributed by atoms with Gasteiger partial charge in [0, 0.05) is 0 Å². The highest BCUT2D eigenvalue weighted by Gasteiger charge is 2.22. The van der Waals surface area contributed by atoms with E-state index >= 15 is 0 Å². The second-order valence-corrected chi connectivity index (χ2v) is 4.81. The van der Waals surface area contributed by atoms with Gasteiger partial charge in [0.25, 0.3) is 0 Å². The molecule has 0 spiro atoms. The molecule has 0 amide bonds. The first-order chi connectivity index (χ1) is 10.3. The summed E-state index contributed by atoms with van der Waals surface area (Å²) >= 11 is 0. The molecule has 3 unspecified atom stereocenters. The summed E-state index contributed by atoms with van der Waals surface area (Å²) in [5.41, 5.74) is 0. The van der Waals surface area contributed by atoms with Crippen LogP contribution in [0.3, 0.4) is 0 Å². The van der Waals surface area contributed by atoms with Crippen molar-refractivity contribution >= 4 is 17.9 Å². The number of aliphatic hydroxyl groups is 1. The maximum Gasteiger partial charge on any atom is 0.347 e. The minimum Gasteiger partial charge on any atom is -0.469 e. The Labute approximate surface area is 130 Å².